The number of aromatic hydroxyl groups is 1. The van der Waals surface area contributed by atoms with Gasteiger partial charge in [-0.05, 0) is 25.5 Å². The van der Waals surface area contributed by atoms with Crippen molar-refractivity contribution < 1.29 is 9.90 Å². The monoisotopic (exact) mass is 234 g/mol. The van der Waals surface area contributed by atoms with Crippen molar-refractivity contribution in [2.75, 3.05) is 13.6 Å². The minimum atomic E-state index is -0.0559. The molecular weight excluding hydrogens is 216 g/mol. The maximum absolute atomic E-state index is 11.7. The Hall–Kier alpha value is -1.55. The average Bonchev–Trinajstić information content (AvgIpc) is 2.79. The van der Waals surface area contributed by atoms with E-state index in [1.54, 1.807) is 19.2 Å². The van der Waals surface area contributed by atoms with Gasteiger partial charge in [0, 0.05) is 19.2 Å². The van der Waals surface area contributed by atoms with Crippen LogP contribution in [0.2, 0.25) is 0 Å². The minimum absolute atomic E-state index is 0.0559. The van der Waals surface area contributed by atoms with E-state index in [4.69, 9.17) is 0 Å². The van der Waals surface area contributed by atoms with Gasteiger partial charge in [-0.2, -0.15) is 0 Å². The predicted molar refractivity (Wildman–Crippen MR) is 65.6 cm³/mol. The van der Waals surface area contributed by atoms with Crippen molar-refractivity contribution in [1.29, 1.82) is 0 Å². The van der Waals surface area contributed by atoms with E-state index in [0.717, 1.165) is 24.9 Å². The summed E-state index contributed by atoms with van der Waals surface area (Å²) >= 11 is 0. The summed E-state index contributed by atoms with van der Waals surface area (Å²) < 4.78 is 0. The molecule has 2 N–H and O–H groups in total. The molecule has 0 aromatic heterocycles. The number of rotatable bonds is 3. The topological polar surface area (TPSA) is 52.6 Å². The molecule has 1 aliphatic heterocycles. The smallest absolute Gasteiger partial charge is 0.237 e. The zero-order valence-corrected chi connectivity index (χ0v) is 10.0. The first kappa shape index (κ1) is 11.9. The van der Waals surface area contributed by atoms with E-state index in [9.17, 15) is 9.90 Å². The van der Waals surface area contributed by atoms with Crippen molar-refractivity contribution in [3.63, 3.8) is 0 Å². The van der Waals surface area contributed by atoms with Gasteiger partial charge in [0.05, 0.1) is 6.04 Å². The molecule has 1 aromatic rings. The summed E-state index contributed by atoms with van der Waals surface area (Å²) in [5.41, 5.74) is 0.878. The molecule has 17 heavy (non-hydrogen) atoms. The quantitative estimate of drug-likeness (QED) is 0.823. The van der Waals surface area contributed by atoms with Crippen LogP contribution in [0.3, 0.4) is 0 Å². The lowest BCUT2D eigenvalue weighted by molar-refractivity contribution is -0.125. The molecule has 1 atom stereocenters. The highest BCUT2D eigenvalue weighted by molar-refractivity contribution is 5.81. The Bertz CT molecular complexity index is 406. The minimum Gasteiger partial charge on any atom is -0.508 e. The van der Waals surface area contributed by atoms with Gasteiger partial charge in [0.15, 0.2) is 0 Å². The molecule has 0 aliphatic carbocycles. The summed E-state index contributed by atoms with van der Waals surface area (Å²) in [6, 6.07) is 7.23. The van der Waals surface area contributed by atoms with Gasteiger partial charge < -0.3 is 10.4 Å². The largest absolute Gasteiger partial charge is 0.508 e. The van der Waals surface area contributed by atoms with E-state index in [0.29, 0.717) is 12.3 Å². The van der Waals surface area contributed by atoms with Gasteiger partial charge in [-0.1, -0.05) is 18.2 Å². The average molecular weight is 234 g/mol. The molecule has 92 valence electrons. The zero-order valence-electron chi connectivity index (χ0n) is 10.0. The molecule has 0 saturated carbocycles. The highest BCUT2D eigenvalue weighted by Crippen LogP contribution is 2.24. The van der Waals surface area contributed by atoms with E-state index in [1.165, 1.54) is 0 Å². The van der Waals surface area contributed by atoms with Crippen molar-refractivity contribution in [3.05, 3.63) is 29.8 Å². The van der Waals surface area contributed by atoms with Gasteiger partial charge in [0.2, 0.25) is 5.91 Å². The number of carbonyl (C=O) groups excluding carboxylic acids is 1. The number of amides is 1. The number of likely N-dealkylation sites (tertiary alicyclic amines) is 1. The number of nitrogens with one attached hydrogen (secondary N) is 1. The lowest BCUT2D eigenvalue weighted by Gasteiger charge is -2.23. The SMILES string of the molecule is CNC(=O)C1CCCN1Cc1ccccc1O. The number of nitrogens with zero attached hydrogens (tertiary/aromatic N) is 1. The van der Waals surface area contributed by atoms with Gasteiger partial charge in [0.1, 0.15) is 5.75 Å². The molecule has 0 bridgehead atoms. The van der Waals surface area contributed by atoms with E-state index < -0.39 is 0 Å². The van der Waals surface area contributed by atoms with E-state index in [2.05, 4.69) is 10.2 Å². The van der Waals surface area contributed by atoms with Crippen LogP contribution in [0, 0.1) is 0 Å². The summed E-state index contributed by atoms with van der Waals surface area (Å²) in [7, 11) is 1.67. The fourth-order valence-electron chi connectivity index (χ4n) is 2.34. The van der Waals surface area contributed by atoms with Crippen LogP contribution >= 0.6 is 0 Å². The molecule has 1 unspecified atom stereocenters. The molecule has 1 heterocycles. The Kier molecular flexibility index (Phi) is 3.64. The standard InChI is InChI=1S/C13H18N2O2/c1-14-13(17)11-6-4-8-15(11)9-10-5-2-3-7-12(10)16/h2-3,5,7,11,16H,4,6,8-9H2,1H3,(H,14,17). The van der Waals surface area contributed by atoms with Gasteiger partial charge >= 0.3 is 0 Å². The number of carbonyl (C=O) groups is 1. The summed E-state index contributed by atoms with van der Waals surface area (Å²) in [6.45, 7) is 1.54. The molecule has 0 spiro atoms. The molecule has 1 amide bonds. The fraction of sp³-hybridized carbons (Fsp3) is 0.462. The summed E-state index contributed by atoms with van der Waals surface area (Å²) in [5, 5.41) is 12.4. The third kappa shape index (κ3) is 2.58. The first-order valence-corrected chi connectivity index (χ1v) is 5.95. The second-order valence-corrected chi connectivity index (χ2v) is 4.37. The van der Waals surface area contributed by atoms with Crippen molar-refractivity contribution >= 4 is 5.91 Å². The Balaban J connectivity index is 2.08. The van der Waals surface area contributed by atoms with E-state index >= 15 is 0 Å². The molecule has 0 radical (unpaired) electrons. The van der Waals surface area contributed by atoms with Crippen LogP contribution < -0.4 is 5.32 Å². The van der Waals surface area contributed by atoms with Crippen LogP contribution in [0.1, 0.15) is 18.4 Å². The fourth-order valence-corrected chi connectivity index (χ4v) is 2.34. The molecule has 1 fully saturated rings. The predicted octanol–water partition coefficient (Wildman–Crippen LogP) is 1.10. The number of likely N-dealkylation sites (N-methyl/N-ethyl adjacent to an activating group) is 1. The number of phenolic OH excluding ortho intramolecular Hbond substituents is 1. The van der Waals surface area contributed by atoms with Crippen LogP contribution in [0.5, 0.6) is 5.75 Å². The molecule has 1 aliphatic rings. The highest BCUT2D eigenvalue weighted by Gasteiger charge is 2.30. The van der Waals surface area contributed by atoms with Crippen molar-refractivity contribution in [1.82, 2.24) is 10.2 Å². The Morgan fingerprint density at radius 1 is 1.53 bits per heavy atom. The summed E-state index contributed by atoms with van der Waals surface area (Å²) in [4.78, 5) is 13.8. The summed E-state index contributed by atoms with van der Waals surface area (Å²) in [6.07, 6.45) is 1.93. The van der Waals surface area contributed by atoms with Crippen LogP contribution in [-0.4, -0.2) is 35.5 Å². The van der Waals surface area contributed by atoms with Crippen LogP contribution in [0.15, 0.2) is 24.3 Å². The normalized spacial score (nSPS) is 20.4. The van der Waals surface area contributed by atoms with E-state index in [1.807, 2.05) is 12.1 Å². The van der Waals surface area contributed by atoms with Gasteiger partial charge in [-0.15, -0.1) is 0 Å². The second-order valence-electron chi connectivity index (χ2n) is 4.37. The lowest BCUT2D eigenvalue weighted by Crippen LogP contribution is -2.41. The first-order chi connectivity index (χ1) is 8.22. The maximum Gasteiger partial charge on any atom is 0.237 e. The summed E-state index contributed by atoms with van der Waals surface area (Å²) in [5.74, 6) is 0.368. The highest BCUT2D eigenvalue weighted by atomic mass is 16.3. The molecule has 4 heteroatoms. The third-order valence-electron chi connectivity index (χ3n) is 3.28. The third-order valence-corrected chi connectivity index (χ3v) is 3.28. The number of benzene rings is 1. The lowest BCUT2D eigenvalue weighted by atomic mass is 10.1. The van der Waals surface area contributed by atoms with Crippen LogP contribution in [0.25, 0.3) is 0 Å². The van der Waals surface area contributed by atoms with Crippen LogP contribution in [-0.2, 0) is 11.3 Å². The molecule has 2 rings (SSSR count). The first-order valence-electron chi connectivity index (χ1n) is 5.95. The zero-order chi connectivity index (χ0) is 12.3. The number of para-hydroxylation sites is 1. The Morgan fingerprint density at radius 3 is 3.00 bits per heavy atom. The molecule has 1 aromatic carbocycles. The van der Waals surface area contributed by atoms with Crippen LogP contribution in [0.4, 0.5) is 0 Å². The number of hydrogen-bond acceptors (Lipinski definition) is 3. The maximum atomic E-state index is 11.7. The molecule has 1 saturated heterocycles. The molecular formula is C13H18N2O2. The number of hydrogen-bond donors (Lipinski definition) is 2. The Labute approximate surface area is 101 Å². The van der Waals surface area contributed by atoms with Crippen molar-refractivity contribution in [2.45, 2.75) is 25.4 Å². The van der Waals surface area contributed by atoms with Gasteiger partial charge in [-0.25, -0.2) is 0 Å². The van der Waals surface area contributed by atoms with Crippen molar-refractivity contribution in [3.8, 4) is 5.75 Å². The molecule has 4 nitrogen and oxygen atoms in total. The van der Waals surface area contributed by atoms with Gasteiger partial charge in [-0.3, -0.25) is 9.69 Å². The van der Waals surface area contributed by atoms with Crippen molar-refractivity contribution in [2.24, 2.45) is 0 Å². The van der Waals surface area contributed by atoms with Gasteiger partial charge in [0.25, 0.3) is 0 Å². The second kappa shape index (κ2) is 5.19. The number of phenols is 1. The van der Waals surface area contributed by atoms with E-state index in [-0.39, 0.29) is 11.9 Å². The Morgan fingerprint density at radius 2 is 2.29 bits per heavy atom.